The molecule has 0 bridgehead atoms. The van der Waals surface area contributed by atoms with Crippen LogP contribution in [0.15, 0.2) is 103 Å². The maximum absolute atomic E-state index is 14.8. The first kappa shape index (κ1) is 91.6. The number of ether oxygens (including phenoxy) is 10. The molecule has 8 amide bonds. The van der Waals surface area contributed by atoms with Crippen LogP contribution in [0.1, 0.15) is 139 Å². The lowest BCUT2D eigenvalue weighted by Crippen LogP contribution is -2.60. The number of nitrogens with one attached hydrogen (secondary N) is 4. The molecule has 0 spiro atoms. The molecule has 2 aliphatic heterocycles. The Balaban J connectivity index is 0.767. The monoisotopic (exact) mass is 1550 g/mol. The number of aliphatic hydroxyl groups excluding tert-OH is 1. The Labute approximate surface area is 656 Å². The molecule has 10 atom stereocenters. The van der Waals surface area contributed by atoms with Crippen LogP contribution >= 0.6 is 0 Å². The van der Waals surface area contributed by atoms with Crippen molar-refractivity contribution < 1.29 is 90.8 Å². The topological polar surface area (TPSA) is 310 Å². The number of amides is 8. The Bertz CT molecular complexity index is 3560. The summed E-state index contributed by atoms with van der Waals surface area (Å²) < 4.78 is 56.7. The molecule has 4 aromatic carbocycles. The van der Waals surface area contributed by atoms with Gasteiger partial charge in [0.25, 0.3) is 5.91 Å². The summed E-state index contributed by atoms with van der Waals surface area (Å²) in [5.41, 5.74) is 4.77. The van der Waals surface area contributed by atoms with E-state index in [-0.39, 0.29) is 97.7 Å². The summed E-state index contributed by atoms with van der Waals surface area (Å²) >= 11 is 0. The van der Waals surface area contributed by atoms with E-state index in [4.69, 9.17) is 47.4 Å². The minimum atomic E-state index is -1.01. The second kappa shape index (κ2) is 50.0. The van der Waals surface area contributed by atoms with Crippen LogP contribution in [0.4, 0.5) is 11.4 Å². The number of hydrogen-bond acceptors (Lipinski definition) is 19. The molecule has 1 saturated heterocycles. The van der Waals surface area contributed by atoms with Gasteiger partial charge in [-0.3, -0.25) is 38.4 Å². The highest BCUT2D eigenvalue weighted by Gasteiger charge is 2.44. The predicted molar refractivity (Wildman–Crippen MR) is 421 cm³/mol. The number of aliphatic hydroxyl groups is 1. The van der Waals surface area contributed by atoms with Crippen LogP contribution in [0.5, 0.6) is 0 Å². The maximum Gasteiger partial charge on any atom is 0.254 e. The van der Waals surface area contributed by atoms with Gasteiger partial charge in [0.2, 0.25) is 41.4 Å². The third kappa shape index (κ3) is 30.0. The van der Waals surface area contributed by atoms with E-state index in [0.717, 1.165) is 22.4 Å². The molecule has 0 aromatic heterocycles. The lowest BCUT2D eigenvalue weighted by molar-refractivity contribution is -0.148. The third-order valence-corrected chi connectivity index (χ3v) is 19.9. The smallest absolute Gasteiger partial charge is 0.254 e. The molecule has 5 N–H and O–H groups in total. The number of carbonyl (C=O) groups excluding carboxylic acids is 8. The zero-order valence-electron chi connectivity index (χ0n) is 67.2. The van der Waals surface area contributed by atoms with E-state index in [1.54, 1.807) is 79.0 Å². The summed E-state index contributed by atoms with van der Waals surface area (Å²) in [5.74, 6) is 2.33. The molecule has 612 valence electrons. The van der Waals surface area contributed by atoms with Crippen molar-refractivity contribution >= 4 is 58.6 Å². The molecule has 0 unspecified atom stereocenters. The SMILES string of the molecule is CC[C@H](C)[C@@H]([C@@H](CC(=O)N1CCC[C@H]1[C@H](OC)[C@@H](C)C(=O)N[C@H](C)[C@@H](O)c1ccccc1)OC)N(C)C(=O)[C@@H](NC(=O)[C@H](C(C)C)N(C)C(=O)c1ccc(NC(=O)CCOCCOCCOCCOCCOCCOCCOCCOCCNC(=O)CCC(=O)N2Cc3ccccc3C#Cc3ccccc32)cc1)C(C)C. The van der Waals surface area contributed by atoms with Crippen molar-refractivity contribution in [3.8, 4) is 11.8 Å². The van der Waals surface area contributed by atoms with Gasteiger partial charge in [-0.1, -0.05) is 127 Å². The van der Waals surface area contributed by atoms with Crippen LogP contribution < -0.4 is 26.2 Å². The zero-order valence-corrected chi connectivity index (χ0v) is 67.2. The molecule has 0 saturated carbocycles. The number of hydrogen-bond donors (Lipinski definition) is 5. The summed E-state index contributed by atoms with van der Waals surface area (Å²) in [6.45, 7) is 21.7. The lowest BCUT2D eigenvalue weighted by Gasteiger charge is -2.41. The van der Waals surface area contributed by atoms with E-state index in [9.17, 15) is 43.5 Å². The van der Waals surface area contributed by atoms with Crippen LogP contribution in [0, 0.1) is 35.5 Å². The average molecular weight is 1550 g/mol. The fraction of sp³-hybridized carbons (Fsp3) is 0.595. The predicted octanol–water partition coefficient (Wildman–Crippen LogP) is 7.39. The van der Waals surface area contributed by atoms with E-state index < -0.39 is 66.3 Å². The highest BCUT2D eigenvalue weighted by molar-refractivity contribution is 6.00. The molecular formula is C84H122N8O19. The number of rotatable bonds is 52. The largest absolute Gasteiger partial charge is 0.386 e. The highest BCUT2D eigenvalue weighted by Crippen LogP contribution is 2.32. The third-order valence-electron chi connectivity index (χ3n) is 19.9. The maximum atomic E-state index is 14.8. The van der Waals surface area contributed by atoms with Crippen molar-refractivity contribution in [1.29, 1.82) is 0 Å². The fourth-order valence-electron chi connectivity index (χ4n) is 13.5. The Hall–Kier alpha value is -8.24. The number of methoxy groups -OCH3 is 2. The number of para-hydroxylation sites is 1. The number of benzene rings is 4. The molecule has 6 rings (SSSR count). The van der Waals surface area contributed by atoms with Crippen molar-refractivity contribution in [1.82, 2.24) is 30.7 Å². The van der Waals surface area contributed by atoms with Crippen LogP contribution in [-0.4, -0.2) is 257 Å². The standard InChI is InChI=1S/C84H122N8O19/c1-13-60(6)78(71(102-11)56-75(96)91-39-21-28-70(91)80(103-12)61(7)81(98)86-62(8)79(97)65-24-15-14-16-25-65)90(10)84(101)76(58(2)3)88-82(99)77(59(4)5)89(9)83(100)66-31-33-68(34-32-66)87-73(94)37-40-104-42-44-106-46-48-108-50-52-110-54-55-111-53-51-109-49-47-107-45-43-105-41-38-85-72(93)35-36-74(95)92-57-67-26-18-17-22-63(67)29-30-64-23-19-20-27-69(64)92/h14-20,22-27,31-34,58-62,70-71,76-80,97H,13,21,28,35-57H2,1-12H3,(H,85,93)(H,86,98)(H,87,94)(H,88,99)/t60-,61+,62+,70-,71+,76-,77-,78-,79+,80+/m0/s1. The second-order valence-corrected chi connectivity index (χ2v) is 28.6. The highest BCUT2D eigenvalue weighted by atomic mass is 16.6. The molecule has 0 radical (unpaired) electrons. The first-order valence-corrected chi connectivity index (χ1v) is 39.0. The van der Waals surface area contributed by atoms with Crippen LogP contribution in [0.25, 0.3) is 0 Å². The van der Waals surface area contributed by atoms with E-state index >= 15 is 0 Å². The Morgan fingerprint density at radius 3 is 1.67 bits per heavy atom. The molecule has 111 heavy (non-hydrogen) atoms. The van der Waals surface area contributed by atoms with Gasteiger partial charge in [-0.15, -0.1) is 0 Å². The normalized spacial score (nSPS) is 15.7. The molecule has 1 fully saturated rings. The summed E-state index contributed by atoms with van der Waals surface area (Å²) in [6, 6.07) is 27.2. The molecule has 4 aromatic rings. The van der Waals surface area contributed by atoms with Crippen molar-refractivity contribution in [3.05, 3.63) is 131 Å². The Kier molecular flexibility index (Phi) is 41.3. The quantitative estimate of drug-likeness (QED) is 0.0213. The summed E-state index contributed by atoms with van der Waals surface area (Å²) in [5, 5.41) is 22.6. The van der Waals surface area contributed by atoms with Gasteiger partial charge in [0, 0.05) is 76.6 Å². The number of nitrogens with zero attached hydrogens (tertiary/aromatic N) is 4. The van der Waals surface area contributed by atoms with Gasteiger partial charge in [0.15, 0.2) is 0 Å². The Morgan fingerprint density at radius 2 is 1.11 bits per heavy atom. The molecular weight excluding hydrogens is 1420 g/mol. The summed E-state index contributed by atoms with van der Waals surface area (Å²) in [7, 11) is 6.26. The summed E-state index contributed by atoms with van der Waals surface area (Å²) in [6.07, 6.45) is -0.223. The number of likely N-dealkylation sites (tertiary alicyclic amines) is 1. The first-order chi connectivity index (χ1) is 53.5. The molecule has 27 heteroatoms. The fourth-order valence-corrected chi connectivity index (χ4v) is 13.5. The van der Waals surface area contributed by atoms with Gasteiger partial charge < -0.3 is 93.3 Å². The van der Waals surface area contributed by atoms with E-state index in [0.29, 0.717) is 143 Å². The van der Waals surface area contributed by atoms with E-state index in [1.165, 1.54) is 19.1 Å². The summed E-state index contributed by atoms with van der Waals surface area (Å²) in [4.78, 5) is 117. The number of fused-ring (bicyclic) bond motifs is 2. The van der Waals surface area contributed by atoms with Gasteiger partial charge in [-0.2, -0.15) is 0 Å². The van der Waals surface area contributed by atoms with Crippen LogP contribution in [0.3, 0.4) is 0 Å². The second-order valence-electron chi connectivity index (χ2n) is 28.6. The van der Waals surface area contributed by atoms with E-state index in [1.807, 2.05) is 108 Å². The van der Waals surface area contributed by atoms with Crippen LogP contribution in [-0.2, 0) is 87.5 Å². The van der Waals surface area contributed by atoms with Gasteiger partial charge in [-0.25, -0.2) is 0 Å². The molecule has 0 aliphatic carbocycles. The van der Waals surface area contributed by atoms with Gasteiger partial charge in [0.05, 0.1) is 173 Å². The van der Waals surface area contributed by atoms with Crippen molar-refractivity contribution in [2.24, 2.45) is 23.7 Å². The van der Waals surface area contributed by atoms with Crippen molar-refractivity contribution in [3.63, 3.8) is 0 Å². The number of likely N-dealkylation sites (N-methyl/N-ethyl adjacent to an activating group) is 2. The van der Waals surface area contributed by atoms with E-state index in [2.05, 4.69) is 33.1 Å². The molecule has 27 nitrogen and oxygen atoms in total. The van der Waals surface area contributed by atoms with Crippen LogP contribution in [0.2, 0.25) is 0 Å². The van der Waals surface area contributed by atoms with Gasteiger partial charge in [-0.05, 0) is 91.1 Å². The lowest BCUT2D eigenvalue weighted by atomic mass is 9.89. The minimum absolute atomic E-state index is 0.0611. The zero-order chi connectivity index (χ0) is 80.6. The minimum Gasteiger partial charge on any atom is -0.386 e. The van der Waals surface area contributed by atoms with Gasteiger partial charge >= 0.3 is 0 Å². The molecule has 2 heterocycles. The number of anilines is 2. The molecule has 2 aliphatic rings. The number of carbonyl (C=O) groups is 8. The van der Waals surface area contributed by atoms with Crippen molar-refractivity contribution in [2.75, 3.05) is 157 Å². The Morgan fingerprint density at radius 1 is 0.568 bits per heavy atom. The van der Waals surface area contributed by atoms with Gasteiger partial charge in [0.1, 0.15) is 12.1 Å². The van der Waals surface area contributed by atoms with Crippen molar-refractivity contribution in [2.45, 2.75) is 155 Å². The first-order valence-electron chi connectivity index (χ1n) is 39.0. The average Bonchev–Trinajstić information content (AvgIpc) is 1.76.